The fourth-order valence-corrected chi connectivity index (χ4v) is 2.13. The Morgan fingerprint density at radius 1 is 1.29 bits per heavy atom. The molecule has 0 spiro atoms. The van der Waals surface area contributed by atoms with Crippen LogP contribution in [-0.2, 0) is 4.79 Å². The number of fused-ring (bicyclic) bond motifs is 1. The largest absolute Gasteiger partial charge is 0.310 e. The molecule has 4 heteroatoms. The Kier molecular flexibility index (Phi) is 2.59. The van der Waals surface area contributed by atoms with Crippen LogP contribution in [0, 0.1) is 5.92 Å². The number of benzene rings is 1. The molecule has 0 bridgehead atoms. The lowest BCUT2D eigenvalue weighted by Gasteiger charge is -2.05. The van der Waals surface area contributed by atoms with Gasteiger partial charge in [0.05, 0.1) is 0 Å². The number of carbonyl (C=O) groups is 1. The average Bonchev–Trinajstić information content (AvgIpc) is 3.12. The molecule has 0 atom stereocenters. The number of amides is 1. The zero-order chi connectivity index (χ0) is 11.8. The number of anilines is 1. The number of nitrogens with zero attached hydrogens (tertiary/aromatic N) is 1. The summed E-state index contributed by atoms with van der Waals surface area (Å²) in [5, 5.41) is 4.99. The van der Waals surface area contributed by atoms with Gasteiger partial charge in [-0.1, -0.05) is 22.0 Å². The van der Waals surface area contributed by atoms with Crippen LogP contribution >= 0.6 is 15.9 Å². The zero-order valence-electron chi connectivity index (χ0n) is 9.11. The van der Waals surface area contributed by atoms with E-state index in [0.29, 0.717) is 5.82 Å². The van der Waals surface area contributed by atoms with Gasteiger partial charge >= 0.3 is 0 Å². The van der Waals surface area contributed by atoms with Crippen molar-refractivity contribution in [3.8, 4) is 0 Å². The van der Waals surface area contributed by atoms with E-state index in [0.717, 1.165) is 28.1 Å². The van der Waals surface area contributed by atoms with Crippen LogP contribution in [0.4, 0.5) is 5.82 Å². The minimum Gasteiger partial charge on any atom is -0.310 e. The Labute approximate surface area is 107 Å². The molecule has 0 unspecified atom stereocenters. The third-order valence-electron chi connectivity index (χ3n) is 2.88. The van der Waals surface area contributed by atoms with Gasteiger partial charge in [0.25, 0.3) is 0 Å². The summed E-state index contributed by atoms with van der Waals surface area (Å²) >= 11 is 3.43. The summed E-state index contributed by atoms with van der Waals surface area (Å²) in [4.78, 5) is 15.9. The second kappa shape index (κ2) is 4.11. The first-order valence-corrected chi connectivity index (χ1v) is 6.38. The number of rotatable bonds is 2. The number of halogens is 1. The fraction of sp³-hybridized carbons (Fsp3) is 0.231. The quantitative estimate of drug-likeness (QED) is 0.922. The lowest BCUT2D eigenvalue weighted by Crippen LogP contribution is -2.14. The number of carbonyl (C=O) groups excluding carboxylic acids is 1. The number of nitrogens with one attached hydrogen (secondary N) is 1. The highest BCUT2D eigenvalue weighted by atomic mass is 79.9. The Hall–Kier alpha value is -1.42. The van der Waals surface area contributed by atoms with Crippen LogP contribution in [0.1, 0.15) is 12.8 Å². The molecule has 1 aromatic carbocycles. The molecule has 0 radical (unpaired) electrons. The van der Waals surface area contributed by atoms with Gasteiger partial charge in [0.1, 0.15) is 5.82 Å². The smallest absolute Gasteiger partial charge is 0.228 e. The van der Waals surface area contributed by atoms with Crippen molar-refractivity contribution in [1.29, 1.82) is 0 Å². The number of pyridine rings is 1. The van der Waals surface area contributed by atoms with E-state index in [-0.39, 0.29) is 11.8 Å². The topological polar surface area (TPSA) is 42.0 Å². The Morgan fingerprint density at radius 3 is 2.88 bits per heavy atom. The van der Waals surface area contributed by atoms with Crippen LogP contribution in [-0.4, -0.2) is 10.9 Å². The molecule has 1 aromatic heterocycles. The lowest BCUT2D eigenvalue weighted by molar-refractivity contribution is -0.117. The fourth-order valence-electron chi connectivity index (χ4n) is 1.75. The van der Waals surface area contributed by atoms with Gasteiger partial charge in [-0.25, -0.2) is 4.98 Å². The Balaban J connectivity index is 1.92. The SMILES string of the molecule is O=C(Nc1cc2cc(Br)ccc2cn1)C1CC1. The van der Waals surface area contributed by atoms with Gasteiger partial charge in [-0.2, -0.15) is 0 Å². The summed E-state index contributed by atoms with van der Waals surface area (Å²) in [5.74, 6) is 0.925. The molecule has 1 N–H and O–H groups in total. The van der Waals surface area contributed by atoms with E-state index in [4.69, 9.17) is 0 Å². The van der Waals surface area contributed by atoms with Gasteiger partial charge in [-0.15, -0.1) is 0 Å². The minimum atomic E-state index is 0.0897. The molecule has 2 aromatic rings. The predicted molar refractivity (Wildman–Crippen MR) is 70.8 cm³/mol. The van der Waals surface area contributed by atoms with Crippen molar-refractivity contribution in [2.24, 2.45) is 5.92 Å². The third kappa shape index (κ3) is 2.31. The van der Waals surface area contributed by atoms with Crippen molar-refractivity contribution in [2.75, 3.05) is 5.32 Å². The van der Waals surface area contributed by atoms with Gasteiger partial charge in [0.2, 0.25) is 5.91 Å². The van der Waals surface area contributed by atoms with Gasteiger partial charge in [-0.05, 0) is 36.4 Å². The first kappa shape index (κ1) is 10.7. The molecule has 0 aliphatic heterocycles. The summed E-state index contributed by atoms with van der Waals surface area (Å²) in [5.41, 5.74) is 0. The maximum absolute atomic E-state index is 11.6. The highest BCUT2D eigenvalue weighted by Gasteiger charge is 2.29. The third-order valence-corrected chi connectivity index (χ3v) is 3.38. The maximum Gasteiger partial charge on any atom is 0.228 e. The molecule has 3 nitrogen and oxygen atoms in total. The van der Waals surface area contributed by atoms with Crippen LogP contribution < -0.4 is 5.32 Å². The molecule has 1 saturated carbocycles. The molecule has 1 aliphatic rings. The lowest BCUT2D eigenvalue weighted by atomic mass is 10.2. The molecule has 3 rings (SSSR count). The van der Waals surface area contributed by atoms with E-state index >= 15 is 0 Å². The first-order chi connectivity index (χ1) is 8.22. The molecule has 0 saturated heterocycles. The van der Waals surface area contributed by atoms with Crippen molar-refractivity contribution < 1.29 is 4.79 Å². The van der Waals surface area contributed by atoms with Gasteiger partial charge in [0, 0.05) is 22.0 Å². The highest BCUT2D eigenvalue weighted by Crippen LogP contribution is 2.30. The van der Waals surface area contributed by atoms with E-state index in [2.05, 4.69) is 26.2 Å². The van der Waals surface area contributed by atoms with Crippen LogP contribution in [0.3, 0.4) is 0 Å². The molecular formula is C13H11BrN2O. The van der Waals surface area contributed by atoms with Gasteiger partial charge < -0.3 is 5.32 Å². The van der Waals surface area contributed by atoms with Crippen LogP contribution in [0.5, 0.6) is 0 Å². The van der Waals surface area contributed by atoms with Gasteiger partial charge in [0.15, 0.2) is 0 Å². The van der Waals surface area contributed by atoms with E-state index in [1.807, 2.05) is 24.3 Å². The molecule has 17 heavy (non-hydrogen) atoms. The second-order valence-electron chi connectivity index (χ2n) is 4.32. The molecule has 1 heterocycles. The number of hydrogen-bond donors (Lipinski definition) is 1. The van der Waals surface area contributed by atoms with E-state index in [1.165, 1.54) is 0 Å². The number of aromatic nitrogens is 1. The Bertz CT molecular complexity index is 593. The molecule has 86 valence electrons. The average molecular weight is 291 g/mol. The van der Waals surface area contributed by atoms with Crippen LogP contribution in [0.15, 0.2) is 34.9 Å². The maximum atomic E-state index is 11.6. The summed E-state index contributed by atoms with van der Waals surface area (Å²) in [7, 11) is 0. The van der Waals surface area contributed by atoms with E-state index in [9.17, 15) is 4.79 Å². The molecule has 1 aliphatic carbocycles. The zero-order valence-corrected chi connectivity index (χ0v) is 10.7. The van der Waals surface area contributed by atoms with E-state index < -0.39 is 0 Å². The first-order valence-electron chi connectivity index (χ1n) is 5.58. The van der Waals surface area contributed by atoms with Crippen molar-refractivity contribution >= 4 is 38.4 Å². The highest BCUT2D eigenvalue weighted by molar-refractivity contribution is 9.10. The Morgan fingerprint density at radius 2 is 2.12 bits per heavy atom. The summed E-state index contributed by atoms with van der Waals surface area (Å²) in [6.07, 6.45) is 3.79. The second-order valence-corrected chi connectivity index (χ2v) is 5.24. The summed E-state index contributed by atoms with van der Waals surface area (Å²) < 4.78 is 1.02. The number of hydrogen-bond acceptors (Lipinski definition) is 2. The molecular weight excluding hydrogens is 280 g/mol. The van der Waals surface area contributed by atoms with Crippen molar-refractivity contribution in [2.45, 2.75) is 12.8 Å². The summed E-state index contributed by atoms with van der Waals surface area (Å²) in [6, 6.07) is 7.90. The van der Waals surface area contributed by atoms with Crippen molar-refractivity contribution in [3.05, 3.63) is 34.9 Å². The monoisotopic (exact) mass is 290 g/mol. The predicted octanol–water partition coefficient (Wildman–Crippen LogP) is 3.35. The van der Waals surface area contributed by atoms with Crippen molar-refractivity contribution in [3.63, 3.8) is 0 Å². The normalized spacial score (nSPS) is 14.9. The van der Waals surface area contributed by atoms with Gasteiger partial charge in [-0.3, -0.25) is 4.79 Å². The van der Waals surface area contributed by atoms with E-state index in [1.54, 1.807) is 6.20 Å². The van der Waals surface area contributed by atoms with Crippen molar-refractivity contribution in [1.82, 2.24) is 4.98 Å². The molecule has 1 amide bonds. The van der Waals surface area contributed by atoms with Crippen LogP contribution in [0.25, 0.3) is 10.8 Å². The standard InChI is InChI=1S/C13H11BrN2O/c14-11-4-3-9-7-15-12(6-10(9)5-11)16-13(17)8-1-2-8/h3-8H,1-2H2,(H,15,16,17). The summed E-state index contributed by atoms with van der Waals surface area (Å²) in [6.45, 7) is 0. The van der Waals surface area contributed by atoms with Crippen LogP contribution in [0.2, 0.25) is 0 Å². The minimum absolute atomic E-state index is 0.0897. The molecule has 1 fully saturated rings.